The second kappa shape index (κ2) is 6.44. The van der Waals surface area contributed by atoms with Crippen molar-refractivity contribution in [3.05, 3.63) is 60.2 Å². The number of rotatable bonds is 4. The topological polar surface area (TPSA) is 61.4 Å². The summed E-state index contributed by atoms with van der Waals surface area (Å²) in [5.41, 5.74) is 1.84. The summed E-state index contributed by atoms with van der Waals surface area (Å²) in [5, 5.41) is 14.7. The smallest absolute Gasteiger partial charge is 0.319 e. The lowest BCUT2D eigenvalue weighted by molar-refractivity contribution is 0.252. The Kier molecular flexibility index (Phi) is 4.39. The Morgan fingerprint density at radius 2 is 1.68 bits per heavy atom. The molecule has 0 spiro atoms. The molecule has 0 saturated carbocycles. The standard InChI is InChI=1S/C15H16N2O2/c18-14-8-6-12(7-9-14)10-11-16-15(19)17-13-4-2-1-3-5-13/h1-9,18H,10-11H2,(H2,16,17,19). The zero-order valence-corrected chi connectivity index (χ0v) is 10.5. The Morgan fingerprint density at radius 3 is 2.37 bits per heavy atom. The van der Waals surface area contributed by atoms with Gasteiger partial charge in [0.2, 0.25) is 0 Å². The molecule has 2 aromatic carbocycles. The van der Waals surface area contributed by atoms with Crippen LogP contribution >= 0.6 is 0 Å². The van der Waals surface area contributed by atoms with Gasteiger partial charge in [0, 0.05) is 12.2 Å². The summed E-state index contributed by atoms with van der Waals surface area (Å²) >= 11 is 0. The molecule has 3 N–H and O–H groups in total. The molecule has 2 amide bonds. The van der Waals surface area contributed by atoms with Gasteiger partial charge in [0.05, 0.1) is 0 Å². The lowest BCUT2D eigenvalue weighted by Crippen LogP contribution is -2.30. The molecule has 0 saturated heterocycles. The molecule has 2 rings (SSSR count). The average Bonchev–Trinajstić information content (AvgIpc) is 2.42. The van der Waals surface area contributed by atoms with Crippen LogP contribution in [0.4, 0.5) is 10.5 Å². The number of anilines is 1. The highest BCUT2D eigenvalue weighted by atomic mass is 16.3. The quantitative estimate of drug-likeness (QED) is 0.787. The van der Waals surface area contributed by atoms with Crippen molar-refractivity contribution >= 4 is 11.7 Å². The molecule has 0 radical (unpaired) electrons. The average molecular weight is 256 g/mol. The zero-order valence-electron chi connectivity index (χ0n) is 10.5. The molecule has 0 fully saturated rings. The van der Waals surface area contributed by atoms with Gasteiger partial charge in [-0.25, -0.2) is 4.79 Å². The van der Waals surface area contributed by atoms with Crippen molar-refractivity contribution in [2.24, 2.45) is 0 Å². The first-order valence-electron chi connectivity index (χ1n) is 6.12. The molecule has 0 unspecified atom stereocenters. The van der Waals surface area contributed by atoms with E-state index in [-0.39, 0.29) is 11.8 Å². The lowest BCUT2D eigenvalue weighted by Gasteiger charge is -2.07. The third kappa shape index (κ3) is 4.35. The molecule has 98 valence electrons. The number of carbonyl (C=O) groups is 1. The number of aromatic hydroxyl groups is 1. The van der Waals surface area contributed by atoms with Gasteiger partial charge < -0.3 is 15.7 Å². The van der Waals surface area contributed by atoms with E-state index in [9.17, 15) is 4.79 Å². The molecule has 19 heavy (non-hydrogen) atoms. The largest absolute Gasteiger partial charge is 0.508 e. The molecule has 0 atom stereocenters. The minimum absolute atomic E-state index is 0.218. The Morgan fingerprint density at radius 1 is 1.00 bits per heavy atom. The van der Waals surface area contributed by atoms with Crippen molar-refractivity contribution < 1.29 is 9.90 Å². The molecule has 0 aliphatic rings. The van der Waals surface area contributed by atoms with Gasteiger partial charge in [0.15, 0.2) is 0 Å². The number of amides is 2. The maximum atomic E-state index is 11.6. The van der Waals surface area contributed by atoms with E-state index in [4.69, 9.17) is 5.11 Å². The highest BCUT2D eigenvalue weighted by molar-refractivity contribution is 5.89. The first-order chi connectivity index (χ1) is 9.24. The number of phenolic OH excluding ortho intramolecular Hbond substituents is 1. The van der Waals surface area contributed by atoms with E-state index in [1.165, 1.54) is 0 Å². The third-order valence-electron chi connectivity index (χ3n) is 2.67. The first-order valence-corrected chi connectivity index (χ1v) is 6.12. The number of urea groups is 1. The van der Waals surface area contributed by atoms with Crippen LogP contribution in [0.2, 0.25) is 0 Å². The second-order valence-corrected chi connectivity index (χ2v) is 4.16. The van der Waals surface area contributed by atoms with Crippen LogP contribution < -0.4 is 10.6 Å². The molecule has 0 aromatic heterocycles. The van der Waals surface area contributed by atoms with E-state index in [2.05, 4.69) is 10.6 Å². The summed E-state index contributed by atoms with van der Waals surface area (Å²) < 4.78 is 0. The fourth-order valence-electron chi connectivity index (χ4n) is 1.68. The summed E-state index contributed by atoms with van der Waals surface area (Å²) in [6.45, 7) is 0.545. The molecule has 4 heteroatoms. The fourth-order valence-corrected chi connectivity index (χ4v) is 1.68. The number of nitrogens with one attached hydrogen (secondary N) is 2. The Labute approximate surface area is 112 Å². The Hall–Kier alpha value is -2.49. The van der Waals surface area contributed by atoms with Crippen LogP contribution in [-0.2, 0) is 6.42 Å². The van der Waals surface area contributed by atoms with Gasteiger partial charge in [-0.3, -0.25) is 0 Å². The van der Waals surface area contributed by atoms with Crippen LogP contribution in [0.25, 0.3) is 0 Å². The predicted molar refractivity (Wildman–Crippen MR) is 75.3 cm³/mol. The zero-order chi connectivity index (χ0) is 13.5. The van der Waals surface area contributed by atoms with E-state index in [0.29, 0.717) is 6.54 Å². The lowest BCUT2D eigenvalue weighted by atomic mass is 10.1. The molecule has 4 nitrogen and oxygen atoms in total. The Bertz CT molecular complexity index is 524. The SMILES string of the molecule is O=C(NCCc1ccc(O)cc1)Nc1ccccc1. The number of carbonyl (C=O) groups excluding carboxylic acids is 1. The molecule has 0 bridgehead atoms. The molecule has 2 aromatic rings. The summed E-state index contributed by atoms with van der Waals surface area (Å²) in [5.74, 6) is 0.249. The molecule has 0 aliphatic heterocycles. The number of hydrogen-bond acceptors (Lipinski definition) is 2. The van der Waals surface area contributed by atoms with E-state index in [1.807, 2.05) is 42.5 Å². The number of benzene rings is 2. The normalized spacial score (nSPS) is 9.89. The van der Waals surface area contributed by atoms with Gasteiger partial charge in [0.25, 0.3) is 0 Å². The summed E-state index contributed by atoms with van der Waals surface area (Å²) in [6.07, 6.45) is 0.725. The van der Waals surface area contributed by atoms with E-state index >= 15 is 0 Å². The molecule has 0 aliphatic carbocycles. The van der Waals surface area contributed by atoms with Gasteiger partial charge >= 0.3 is 6.03 Å². The number of para-hydroxylation sites is 1. The van der Waals surface area contributed by atoms with Crippen LogP contribution in [0.5, 0.6) is 5.75 Å². The minimum atomic E-state index is -0.218. The van der Waals surface area contributed by atoms with Crippen LogP contribution in [0.15, 0.2) is 54.6 Å². The van der Waals surface area contributed by atoms with Crippen molar-refractivity contribution in [3.63, 3.8) is 0 Å². The second-order valence-electron chi connectivity index (χ2n) is 4.16. The minimum Gasteiger partial charge on any atom is -0.508 e. The van der Waals surface area contributed by atoms with Crippen LogP contribution in [-0.4, -0.2) is 17.7 Å². The van der Waals surface area contributed by atoms with E-state index < -0.39 is 0 Å². The maximum absolute atomic E-state index is 11.6. The van der Waals surface area contributed by atoms with Gasteiger partial charge in [-0.1, -0.05) is 30.3 Å². The van der Waals surface area contributed by atoms with Crippen LogP contribution in [0, 0.1) is 0 Å². The highest BCUT2D eigenvalue weighted by Crippen LogP contribution is 2.09. The van der Waals surface area contributed by atoms with E-state index in [1.54, 1.807) is 12.1 Å². The summed E-state index contributed by atoms with van der Waals surface area (Å²) in [4.78, 5) is 11.6. The maximum Gasteiger partial charge on any atom is 0.319 e. The summed E-state index contributed by atoms with van der Waals surface area (Å²) in [7, 11) is 0. The third-order valence-corrected chi connectivity index (χ3v) is 2.67. The van der Waals surface area contributed by atoms with Gasteiger partial charge in [-0.05, 0) is 36.2 Å². The first kappa shape index (κ1) is 13.0. The van der Waals surface area contributed by atoms with Gasteiger partial charge in [-0.15, -0.1) is 0 Å². The van der Waals surface area contributed by atoms with Crippen LogP contribution in [0.1, 0.15) is 5.56 Å². The fraction of sp³-hybridized carbons (Fsp3) is 0.133. The number of hydrogen-bond donors (Lipinski definition) is 3. The number of phenols is 1. The van der Waals surface area contributed by atoms with Gasteiger partial charge in [0.1, 0.15) is 5.75 Å². The van der Waals surface area contributed by atoms with Crippen molar-refractivity contribution in [3.8, 4) is 5.75 Å². The molecule has 0 heterocycles. The van der Waals surface area contributed by atoms with Gasteiger partial charge in [-0.2, -0.15) is 0 Å². The molecular formula is C15H16N2O2. The van der Waals surface area contributed by atoms with Crippen molar-refractivity contribution in [2.75, 3.05) is 11.9 Å². The predicted octanol–water partition coefficient (Wildman–Crippen LogP) is 2.76. The van der Waals surface area contributed by atoms with E-state index in [0.717, 1.165) is 17.7 Å². The Balaban J connectivity index is 1.74. The summed E-state index contributed by atoms with van der Waals surface area (Å²) in [6, 6.07) is 16.0. The highest BCUT2D eigenvalue weighted by Gasteiger charge is 2.00. The van der Waals surface area contributed by atoms with Crippen molar-refractivity contribution in [1.29, 1.82) is 0 Å². The monoisotopic (exact) mass is 256 g/mol. The molecular weight excluding hydrogens is 240 g/mol. The van der Waals surface area contributed by atoms with Crippen LogP contribution in [0.3, 0.4) is 0 Å². The van der Waals surface area contributed by atoms with Crippen molar-refractivity contribution in [1.82, 2.24) is 5.32 Å². The van der Waals surface area contributed by atoms with Crippen molar-refractivity contribution in [2.45, 2.75) is 6.42 Å².